The third-order valence-corrected chi connectivity index (χ3v) is 3.21. The number of nitriles is 1. The van der Waals surface area contributed by atoms with Crippen LogP contribution in [0.2, 0.25) is 0 Å². The number of carbonyl (C=O) groups excluding carboxylic acids is 3. The van der Waals surface area contributed by atoms with Crippen LogP contribution in [0.3, 0.4) is 0 Å². The molecule has 9 nitrogen and oxygen atoms in total. The molecule has 0 saturated heterocycles. The fourth-order valence-electron chi connectivity index (χ4n) is 1.96. The minimum absolute atomic E-state index is 0.118. The molecule has 28 heavy (non-hydrogen) atoms. The van der Waals surface area contributed by atoms with Crippen LogP contribution in [0.25, 0.3) is 6.08 Å². The fraction of sp³-hybridized carbons (Fsp3) is 0.368. The predicted molar refractivity (Wildman–Crippen MR) is 101 cm³/mol. The first kappa shape index (κ1) is 22.5. The normalized spacial score (nSPS) is 11.4. The Kier molecular flexibility index (Phi) is 9.03. The van der Waals surface area contributed by atoms with Crippen LogP contribution < -0.4 is 20.1 Å². The lowest BCUT2D eigenvalue weighted by Crippen LogP contribution is -2.46. The molecule has 1 atom stereocenters. The topological polar surface area (TPSA) is 127 Å². The van der Waals surface area contributed by atoms with Gasteiger partial charge in [-0.2, -0.15) is 5.26 Å². The zero-order chi connectivity index (χ0) is 21.1. The van der Waals surface area contributed by atoms with Crippen LogP contribution in [0.1, 0.15) is 26.3 Å². The number of esters is 1. The number of carbonyl (C=O) groups is 3. The van der Waals surface area contributed by atoms with Crippen molar-refractivity contribution >= 4 is 24.0 Å². The van der Waals surface area contributed by atoms with Gasteiger partial charge in [-0.1, -0.05) is 6.07 Å². The molecule has 0 bridgehead atoms. The number of nitrogens with zero attached hydrogens (tertiary/aromatic N) is 1. The smallest absolute Gasteiger partial charge is 0.331 e. The summed E-state index contributed by atoms with van der Waals surface area (Å²) in [5.41, 5.74) is 0.617. The van der Waals surface area contributed by atoms with E-state index in [0.29, 0.717) is 17.1 Å². The van der Waals surface area contributed by atoms with E-state index in [9.17, 15) is 14.4 Å². The van der Waals surface area contributed by atoms with E-state index in [-0.39, 0.29) is 12.6 Å². The second kappa shape index (κ2) is 11.2. The summed E-state index contributed by atoms with van der Waals surface area (Å²) in [6.45, 7) is 4.73. The summed E-state index contributed by atoms with van der Waals surface area (Å²) >= 11 is 0. The summed E-state index contributed by atoms with van der Waals surface area (Å²) in [6, 6.07) is 5.93. The molecule has 0 aromatic heterocycles. The summed E-state index contributed by atoms with van der Waals surface area (Å²) in [7, 11) is 1.45. The van der Waals surface area contributed by atoms with E-state index in [4.69, 9.17) is 19.5 Å². The Bertz CT molecular complexity index is 782. The molecule has 0 radical (unpaired) electrons. The molecule has 9 heteroatoms. The third kappa shape index (κ3) is 7.78. The van der Waals surface area contributed by atoms with Gasteiger partial charge in [0, 0.05) is 12.1 Å². The average Bonchev–Trinajstić information content (AvgIpc) is 2.64. The highest BCUT2D eigenvalue weighted by Gasteiger charge is 2.19. The molecule has 0 saturated carbocycles. The highest BCUT2D eigenvalue weighted by atomic mass is 16.5. The van der Waals surface area contributed by atoms with Crippen LogP contribution >= 0.6 is 0 Å². The average molecular weight is 389 g/mol. The lowest BCUT2D eigenvalue weighted by Gasteiger charge is -2.13. The molecule has 0 spiro atoms. The molecule has 1 aromatic rings. The number of urea groups is 1. The quantitative estimate of drug-likeness (QED) is 0.512. The summed E-state index contributed by atoms with van der Waals surface area (Å²) in [5.74, 6) is -0.695. The van der Waals surface area contributed by atoms with Gasteiger partial charge in [0.25, 0.3) is 5.91 Å². The molecule has 0 aliphatic rings. The number of rotatable bonds is 8. The van der Waals surface area contributed by atoms with Crippen LogP contribution in [0, 0.1) is 11.3 Å². The van der Waals surface area contributed by atoms with Crippen molar-refractivity contribution in [3.8, 4) is 17.6 Å². The number of benzene rings is 1. The van der Waals surface area contributed by atoms with Crippen molar-refractivity contribution in [3.05, 3.63) is 29.8 Å². The Morgan fingerprint density at radius 1 is 1.21 bits per heavy atom. The van der Waals surface area contributed by atoms with Gasteiger partial charge in [-0.3, -0.25) is 10.1 Å². The first-order chi connectivity index (χ1) is 13.3. The first-order valence-electron chi connectivity index (χ1n) is 8.44. The van der Waals surface area contributed by atoms with E-state index in [2.05, 4.69) is 10.6 Å². The van der Waals surface area contributed by atoms with E-state index in [1.807, 2.05) is 6.07 Å². The van der Waals surface area contributed by atoms with Gasteiger partial charge in [0.1, 0.15) is 6.07 Å². The van der Waals surface area contributed by atoms with Crippen LogP contribution in [0.4, 0.5) is 4.79 Å². The van der Waals surface area contributed by atoms with Crippen LogP contribution in [-0.4, -0.2) is 43.8 Å². The van der Waals surface area contributed by atoms with Crippen LogP contribution in [-0.2, 0) is 14.3 Å². The summed E-state index contributed by atoms with van der Waals surface area (Å²) in [6.07, 6.45) is 1.46. The lowest BCUT2D eigenvalue weighted by molar-refractivity contribution is -0.149. The molecule has 3 amide bonds. The number of amides is 3. The van der Waals surface area contributed by atoms with Crippen molar-refractivity contribution < 1.29 is 28.6 Å². The van der Waals surface area contributed by atoms with Gasteiger partial charge in [0.2, 0.25) is 0 Å². The Morgan fingerprint density at radius 2 is 1.93 bits per heavy atom. The van der Waals surface area contributed by atoms with Gasteiger partial charge in [0.15, 0.2) is 24.2 Å². The largest absolute Gasteiger partial charge is 0.493 e. The molecule has 1 rings (SSSR count). The summed E-state index contributed by atoms with van der Waals surface area (Å²) in [4.78, 5) is 35.2. The SMILES string of the molecule is COc1cc(/C=C/C(=O)OC(C)C(=O)NC(=O)NC(C)C)ccc1OCC#N. The molecule has 0 fully saturated rings. The van der Waals surface area contributed by atoms with Crippen molar-refractivity contribution in [1.82, 2.24) is 10.6 Å². The summed E-state index contributed by atoms with van der Waals surface area (Å²) < 4.78 is 15.4. The molecular formula is C19H23N3O6. The zero-order valence-electron chi connectivity index (χ0n) is 16.1. The molecular weight excluding hydrogens is 366 g/mol. The van der Waals surface area contributed by atoms with Crippen molar-refractivity contribution in [2.24, 2.45) is 0 Å². The Balaban J connectivity index is 2.64. The zero-order valence-corrected chi connectivity index (χ0v) is 16.1. The molecule has 0 aliphatic carbocycles. The van der Waals surface area contributed by atoms with Gasteiger partial charge in [-0.25, -0.2) is 9.59 Å². The number of hydrogen-bond acceptors (Lipinski definition) is 7. The maximum absolute atomic E-state index is 11.9. The highest BCUT2D eigenvalue weighted by molar-refractivity contribution is 5.98. The molecule has 1 unspecified atom stereocenters. The Hall–Kier alpha value is -3.54. The number of imide groups is 1. The standard InChI is InChI=1S/C19H23N3O6/c1-12(2)21-19(25)22-18(24)13(3)28-17(23)8-6-14-5-7-15(27-10-9-20)16(11-14)26-4/h5-8,11-13H,10H2,1-4H3,(H2,21,22,24,25)/b8-6+. The summed E-state index contributed by atoms with van der Waals surface area (Å²) in [5, 5.41) is 13.1. The molecule has 1 aromatic carbocycles. The van der Waals surface area contributed by atoms with E-state index in [0.717, 1.165) is 6.08 Å². The van der Waals surface area contributed by atoms with Crippen LogP contribution in [0.15, 0.2) is 24.3 Å². The number of ether oxygens (including phenoxy) is 3. The minimum Gasteiger partial charge on any atom is -0.493 e. The fourth-order valence-corrected chi connectivity index (χ4v) is 1.96. The van der Waals surface area contributed by atoms with E-state index in [1.54, 1.807) is 32.0 Å². The van der Waals surface area contributed by atoms with Crippen LogP contribution in [0.5, 0.6) is 11.5 Å². The van der Waals surface area contributed by atoms with Gasteiger partial charge < -0.3 is 19.5 Å². The van der Waals surface area contributed by atoms with Crippen molar-refractivity contribution in [2.45, 2.75) is 32.9 Å². The minimum atomic E-state index is -1.15. The predicted octanol–water partition coefficient (Wildman–Crippen LogP) is 1.78. The monoisotopic (exact) mass is 389 g/mol. The maximum Gasteiger partial charge on any atom is 0.331 e. The molecule has 2 N–H and O–H groups in total. The highest BCUT2D eigenvalue weighted by Crippen LogP contribution is 2.28. The molecule has 0 heterocycles. The van der Waals surface area contributed by atoms with Gasteiger partial charge in [-0.15, -0.1) is 0 Å². The number of methoxy groups -OCH3 is 1. The molecule has 0 aliphatic heterocycles. The van der Waals surface area contributed by atoms with E-state index >= 15 is 0 Å². The number of hydrogen-bond donors (Lipinski definition) is 2. The Morgan fingerprint density at radius 3 is 2.54 bits per heavy atom. The van der Waals surface area contributed by atoms with Gasteiger partial charge >= 0.3 is 12.0 Å². The third-order valence-electron chi connectivity index (χ3n) is 3.21. The van der Waals surface area contributed by atoms with Crippen molar-refractivity contribution in [1.29, 1.82) is 5.26 Å². The second-order valence-corrected chi connectivity index (χ2v) is 5.89. The van der Waals surface area contributed by atoms with Crippen molar-refractivity contribution in [3.63, 3.8) is 0 Å². The van der Waals surface area contributed by atoms with E-state index in [1.165, 1.54) is 20.1 Å². The maximum atomic E-state index is 11.9. The second-order valence-electron chi connectivity index (χ2n) is 5.89. The Labute approximate surface area is 163 Å². The number of nitrogens with one attached hydrogen (secondary N) is 2. The van der Waals surface area contributed by atoms with Gasteiger partial charge in [-0.05, 0) is 44.5 Å². The van der Waals surface area contributed by atoms with E-state index < -0.39 is 24.0 Å². The first-order valence-corrected chi connectivity index (χ1v) is 8.44. The van der Waals surface area contributed by atoms with Crippen molar-refractivity contribution in [2.75, 3.05) is 13.7 Å². The molecule has 150 valence electrons. The van der Waals surface area contributed by atoms with Gasteiger partial charge in [0.05, 0.1) is 7.11 Å². The lowest BCUT2D eigenvalue weighted by atomic mass is 10.2.